The number of hydrogen-bond donors (Lipinski definition) is 0. The second kappa shape index (κ2) is 8.31. The highest BCUT2D eigenvalue weighted by atomic mass is 16.5. The average molecular weight is 463 g/mol. The number of methoxy groups -OCH3 is 1. The molecule has 178 valence electrons. The molecule has 0 spiro atoms. The summed E-state index contributed by atoms with van der Waals surface area (Å²) < 4.78 is 8.47. The molecule has 0 radical (unpaired) electrons. The molecule has 0 amide bonds. The van der Waals surface area contributed by atoms with Crippen LogP contribution in [0.1, 0.15) is 69.7 Å². The quantitative estimate of drug-likeness (QED) is 0.232. The van der Waals surface area contributed by atoms with Crippen LogP contribution in [0.25, 0.3) is 44.3 Å². The summed E-state index contributed by atoms with van der Waals surface area (Å²) >= 11 is 0. The van der Waals surface area contributed by atoms with E-state index in [0.717, 1.165) is 6.42 Å². The lowest BCUT2D eigenvalue weighted by Gasteiger charge is -2.19. The molecule has 6 rings (SSSR count). The molecular formula is C33H36NO+. The van der Waals surface area contributed by atoms with Crippen molar-refractivity contribution in [3.05, 3.63) is 77.5 Å². The van der Waals surface area contributed by atoms with Gasteiger partial charge in [0.25, 0.3) is 0 Å². The third-order valence-corrected chi connectivity index (χ3v) is 8.46. The fraction of sp³-hybridized carbons (Fsp3) is 0.364. The Labute approximate surface area is 209 Å². The molecule has 0 bridgehead atoms. The molecule has 0 saturated carbocycles. The summed E-state index contributed by atoms with van der Waals surface area (Å²) in [7, 11) is 1.84. The lowest BCUT2D eigenvalue weighted by molar-refractivity contribution is -0.703. The molecule has 0 saturated heterocycles. The SMILES string of the molecule is CCC(C)Cc1cc2c3c4[n+](ccc3c1)[C@H]([C@@H](C)OC)c1cc(C(C)C)cc(c1-4)-c1ccccc1-2. The van der Waals surface area contributed by atoms with Gasteiger partial charge in [0.2, 0.25) is 11.7 Å². The van der Waals surface area contributed by atoms with Crippen LogP contribution in [0.2, 0.25) is 0 Å². The number of fused-ring (bicyclic) bond motifs is 3. The molecule has 3 atom stereocenters. The zero-order chi connectivity index (χ0) is 24.4. The number of hydrogen-bond acceptors (Lipinski definition) is 1. The Morgan fingerprint density at radius 3 is 2.31 bits per heavy atom. The van der Waals surface area contributed by atoms with E-state index in [1.165, 1.54) is 67.4 Å². The molecule has 1 unspecified atom stereocenters. The van der Waals surface area contributed by atoms with Crippen molar-refractivity contribution in [2.24, 2.45) is 5.92 Å². The maximum Gasteiger partial charge on any atom is 0.222 e. The van der Waals surface area contributed by atoms with Crippen LogP contribution >= 0.6 is 0 Å². The van der Waals surface area contributed by atoms with Gasteiger partial charge in [0.15, 0.2) is 6.20 Å². The minimum atomic E-state index is 0.0792. The summed E-state index contributed by atoms with van der Waals surface area (Å²) in [6.45, 7) is 11.5. The number of benzene rings is 3. The molecule has 1 aromatic heterocycles. The molecule has 0 fully saturated rings. The van der Waals surface area contributed by atoms with E-state index >= 15 is 0 Å². The molecule has 3 aromatic carbocycles. The summed E-state index contributed by atoms with van der Waals surface area (Å²) in [6, 6.07) is 21.4. The van der Waals surface area contributed by atoms with E-state index in [9.17, 15) is 0 Å². The van der Waals surface area contributed by atoms with Gasteiger partial charge < -0.3 is 4.74 Å². The van der Waals surface area contributed by atoms with Crippen molar-refractivity contribution in [3.63, 3.8) is 0 Å². The van der Waals surface area contributed by atoms with Crippen molar-refractivity contribution >= 4 is 10.8 Å². The van der Waals surface area contributed by atoms with E-state index in [2.05, 4.69) is 100.0 Å². The number of pyridine rings is 1. The van der Waals surface area contributed by atoms with Crippen LogP contribution in [0, 0.1) is 5.92 Å². The van der Waals surface area contributed by atoms with E-state index in [1.54, 1.807) is 0 Å². The Balaban J connectivity index is 1.77. The van der Waals surface area contributed by atoms with E-state index in [4.69, 9.17) is 4.74 Å². The first-order chi connectivity index (χ1) is 16.9. The van der Waals surface area contributed by atoms with Crippen LogP contribution in [0.3, 0.4) is 0 Å². The zero-order valence-electron chi connectivity index (χ0n) is 21.9. The molecule has 2 heteroatoms. The molecule has 1 aliphatic heterocycles. The molecule has 4 aromatic rings. The maximum atomic E-state index is 5.97. The average Bonchev–Trinajstić information content (AvgIpc) is 3.15. The van der Waals surface area contributed by atoms with E-state index in [-0.39, 0.29) is 12.1 Å². The largest absolute Gasteiger partial charge is 0.374 e. The van der Waals surface area contributed by atoms with Gasteiger partial charge in [0, 0.05) is 18.7 Å². The Hall–Kier alpha value is -2.97. The van der Waals surface area contributed by atoms with Crippen molar-refractivity contribution in [1.29, 1.82) is 0 Å². The first kappa shape index (κ1) is 22.5. The number of ether oxygens (including phenoxy) is 1. The summed E-state index contributed by atoms with van der Waals surface area (Å²) in [5.41, 5.74) is 12.4. The van der Waals surface area contributed by atoms with E-state index in [0.29, 0.717) is 11.8 Å². The van der Waals surface area contributed by atoms with Gasteiger partial charge in [-0.1, -0.05) is 70.5 Å². The fourth-order valence-corrected chi connectivity index (χ4v) is 6.29. The molecule has 1 aliphatic carbocycles. The summed E-state index contributed by atoms with van der Waals surface area (Å²) in [4.78, 5) is 0. The second-order valence-electron chi connectivity index (χ2n) is 11.0. The predicted octanol–water partition coefficient (Wildman–Crippen LogP) is 8.09. The van der Waals surface area contributed by atoms with Gasteiger partial charge in [-0.05, 0) is 76.1 Å². The van der Waals surface area contributed by atoms with Crippen molar-refractivity contribution in [1.82, 2.24) is 0 Å². The topological polar surface area (TPSA) is 13.1 Å². The fourth-order valence-electron chi connectivity index (χ4n) is 6.29. The van der Waals surface area contributed by atoms with Gasteiger partial charge in [-0.2, -0.15) is 4.57 Å². The number of nitrogens with zero attached hydrogens (tertiary/aromatic N) is 1. The van der Waals surface area contributed by atoms with Crippen molar-refractivity contribution in [2.75, 3.05) is 7.11 Å². The molecule has 2 nitrogen and oxygen atoms in total. The highest BCUT2D eigenvalue weighted by molar-refractivity contribution is 6.12. The molecule has 2 aliphatic rings. The van der Waals surface area contributed by atoms with Crippen LogP contribution in [0.5, 0.6) is 0 Å². The standard InChI is InChI=1S/C33H36NO/c1-7-20(4)14-22-15-23-12-13-34-32(21(5)35-6)29-18-24(19(2)3)17-28-26-11-9-8-10-25(26)27(16-22)30(23)33(34)31(28)29/h8-13,15-21,32H,7,14H2,1-6H3/q+1/t20?,21-,32-/m1/s1. The van der Waals surface area contributed by atoms with Crippen LogP contribution in [-0.2, 0) is 11.2 Å². The van der Waals surface area contributed by atoms with Crippen LogP contribution < -0.4 is 4.57 Å². The summed E-state index contributed by atoms with van der Waals surface area (Å²) in [5.74, 6) is 1.14. The Kier molecular flexibility index (Phi) is 5.34. The highest BCUT2D eigenvalue weighted by Crippen LogP contribution is 2.52. The normalized spacial score (nSPS) is 16.9. The van der Waals surface area contributed by atoms with Crippen molar-refractivity contribution < 1.29 is 9.30 Å². The number of rotatable bonds is 6. The minimum absolute atomic E-state index is 0.0792. The van der Waals surface area contributed by atoms with E-state index in [1.807, 2.05) is 7.11 Å². The monoisotopic (exact) mass is 462 g/mol. The Morgan fingerprint density at radius 1 is 0.886 bits per heavy atom. The van der Waals surface area contributed by atoms with Gasteiger partial charge in [-0.3, -0.25) is 0 Å². The molecule has 0 N–H and O–H groups in total. The number of aromatic nitrogens is 1. The van der Waals surface area contributed by atoms with Crippen LogP contribution in [0.4, 0.5) is 0 Å². The van der Waals surface area contributed by atoms with Gasteiger partial charge in [0.1, 0.15) is 6.10 Å². The Bertz CT molecular complexity index is 1460. The minimum Gasteiger partial charge on any atom is -0.374 e. The lowest BCUT2D eigenvalue weighted by atomic mass is 9.86. The first-order valence-corrected chi connectivity index (χ1v) is 13.2. The van der Waals surface area contributed by atoms with Gasteiger partial charge >= 0.3 is 0 Å². The van der Waals surface area contributed by atoms with Crippen molar-refractivity contribution in [3.8, 4) is 33.5 Å². The summed E-state index contributed by atoms with van der Waals surface area (Å²) in [5, 5.41) is 2.73. The smallest absolute Gasteiger partial charge is 0.222 e. The molecular weight excluding hydrogens is 426 g/mol. The summed E-state index contributed by atoms with van der Waals surface area (Å²) in [6.07, 6.45) is 4.71. The Morgan fingerprint density at radius 2 is 1.63 bits per heavy atom. The lowest BCUT2D eigenvalue weighted by Crippen LogP contribution is -2.44. The highest BCUT2D eigenvalue weighted by Gasteiger charge is 2.45. The van der Waals surface area contributed by atoms with Crippen LogP contribution in [0.15, 0.2) is 60.8 Å². The third kappa shape index (κ3) is 3.30. The van der Waals surface area contributed by atoms with Gasteiger partial charge in [0.05, 0.1) is 10.9 Å². The van der Waals surface area contributed by atoms with Crippen molar-refractivity contribution in [2.45, 2.75) is 65.5 Å². The predicted molar refractivity (Wildman–Crippen MR) is 146 cm³/mol. The van der Waals surface area contributed by atoms with Crippen LogP contribution in [-0.4, -0.2) is 13.2 Å². The molecule has 2 heterocycles. The third-order valence-electron chi connectivity index (χ3n) is 8.46. The molecule has 35 heavy (non-hydrogen) atoms. The van der Waals surface area contributed by atoms with Gasteiger partial charge in [-0.15, -0.1) is 0 Å². The second-order valence-corrected chi connectivity index (χ2v) is 11.0. The maximum absolute atomic E-state index is 5.97. The zero-order valence-corrected chi connectivity index (χ0v) is 21.9. The van der Waals surface area contributed by atoms with Gasteiger partial charge in [-0.25, -0.2) is 0 Å². The first-order valence-electron chi connectivity index (χ1n) is 13.2. The van der Waals surface area contributed by atoms with E-state index < -0.39 is 0 Å².